The zero-order valence-corrected chi connectivity index (χ0v) is 14.9. The minimum Gasteiger partial charge on any atom is -0.352 e. The highest BCUT2D eigenvalue weighted by molar-refractivity contribution is 5.99. The monoisotopic (exact) mass is 359 g/mol. The zero-order chi connectivity index (χ0) is 18.9. The lowest BCUT2D eigenvalue weighted by molar-refractivity contribution is 0.0950. The van der Waals surface area contributed by atoms with Crippen molar-refractivity contribution in [1.82, 2.24) is 15.6 Å². The molecular weight excluding hydrogens is 338 g/mol. The van der Waals surface area contributed by atoms with Crippen molar-refractivity contribution in [2.75, 3.05) is 6.54 Å². The Labute approximate surface area is 158 Å². The Morgan fingerprint density at radius 3 is 1.93 bits per heavy atom. The number of hydrogen-bond donors (Lipinski definition) is 2. The summed E-state index contributed by atoms with van der Waals surface area (Å²) < 4.78 is 0. The maximum absolute atomic E-state index is 12.3. The van der Waals surface area contributed by atoms with E-state index in [0.29, 0.717) is 24.2 Å². The molecule has 2 N–H and O–H groups in total. The van der Waals surface area contributed by atoms with Gasteiger partial charge >= 0.3 is 0 Å². The average molecular weight is 359 g/mol. The Morgan fingerprint density at radius 1 is 0.741 bits per heavy atom. The van der Waals surface area contributed by atoms with E-state index in [1.54, 1.807) is 6.07 Å². The fourth-order valence-corrected chi connectivity index (χ4v) is 2.64. The molecule has 2 aromatic carbocycles. The van der Waals surface area contributed by atoms with Crippen LogP contribution in [0.15, 0.2) is 79.1 Å². The molecule has 1 aromatic heterocycles. The topological polar surface area (TPSA) is 71.1 Å². The first-order valence-electron chi connectivity index (χ1n) is 8.81. The van der Waals surface area contributed by atoms with Crippen molar-refractivity contribution in [3.05, 3.63) is 101 Å². The number of rotatable bonds is 7. The first kappa shape index (κ1) is 18.3. The predicted octanol–water partition coefficient (Wildman–Crippen LogP) is 2.98. The summed E-state index contributed by atoms with van der Waals surface area (Å²) in [5.41, 5.74) is 2.90. The number of aromatic nitrogens is 1. The Kier molecular flexibility index (Phi) is 6.30. The predicted molar refractivity (Wildman–Crippen MR) is 104 cm³/mol. The van der Waals surface area contributed by atoms with Crippen LogP contribution in [0.2, 0.25) is 0 Å². The van der Waals surface area contributed by atoms with Gasteiger partial charge in [-0.2, -0.15) is 0 Å². The summed E-state index contributed by atoms with van der Waals surface area (Å²) >= 11 is 0. The molecule has 0 aliphatic carbocycles. The summed E-state index contributed by atoms with van der Waals surface area (Å²) in [4.78, 5) is 28.6. The van der Waals surface area contributed by atoms with Crippen LogP contribution in [-0.2, 0) is 13.0 Å². The van der Waals surface area contributed by atoms with Crippen LogP contribution in [0, 0.1) is 0 Å². The number of nitrogens with zero attached hydrogens (tertiary/aromatic N) is 1. The van der Waals surface area contributed by atoms with Crippen molar-refractivity contribution >= 4 is 11.8 Å². The summed E-state index contributed by atoms with van der Waals surface area (Å²) in [5, 5.41) is 5.70. The highest BCUT2D eigenvalue weighted by Crippen LogP contribution is 2.05. The Morgan fingerprint density at radius 2 is 1.30 bits per heavy atom. The van der Waals surface area contributed by atoms with Crippen molar-refractivity contribution in [1.29, 1.82) is 0 Å². The molecule has 0 atom stereocenters. The zero-order valence-electron chi connectivity index (χ0n) is 14.9. The Bertz CT molecular complexity index is 896. The van der Waals surface area contributed by atoms with E-state index < -0.39 is 0 Å². The molecule has 0 unspecified atom stereocenters. The van der Waals surface area contributed by atoms with Gasteiger partial charge in [0.2, 0.25) is 0 Å². The summed E-state index contributed by atoms with van der Waals surface area (Å²) in [7, 11) is 0. The second-order valence-electron chi connectivity index (χ2n) is 6.12. The van der Waals surface area contributed by atoms with Gasteiger partial charge in [0.1, 0.15) is 0 Å². The van der Waals surface area contributed by atoms with E-state index in [9.17, 15) is 9.59 Å². The van der Waals surface area contributed by atoms with Gasteiger partial charge in [-0.05, 0) is 23.6 Å². The lowest BCUT2D eigenvalue weighted by Crippen LogP contribution is -2.27. The van der Waals surface area contributed by atoms with Crippen molar-refractivity contribution in [3.8, 4) is 0 Å². The van der Waals surface area contributed by atoms with Gasteiger partial charge in [-0.1, -0.05) is 60.7 Å². The largest absolute Gasteiger partial charge is 0.352 e. The van der Waals surface area contributed by atoms with Crippen LogP contribution >= 0.6 is 0 Å². The minimum absolute atomic E-state index is 0.240. The van der Waals surface area contributed by atoms with Gasteiger partial charge in [0.25, 0.3) is 11.8 Å². The fraction of sp³-hybridized carbons (Fsp3) is 0.136. The molecule has 0 aliphatic heterocycles. The Balaban J connectivity index is 1.54. The van der Waals surface area contributed by atoms with Crippen LogP contribution in [0.25, 0.3) is 0 Å². The van der Waals surface area contributed by atoms with E-state index in [0.717, 1.165) is 17.5 Å². The molecule has 0 bridgehead atoms. The molecule has 0 spiro atoms. The van der Waals surface area contributed by atoms with Crippen molar-refractivity contribution in [3.63, 3.8) is 0 Å². The molecular formula is C22H21N3O2. The number of amides is 2. The lowest BCUT2D eigenvalue weighted by atomic mass is 10.1. The highest BCUT2D eigenvalue weighted by Gasteiger charge is 2.11. The van der Waals surface area contributed by atoms with Crippen LogP contribution in [0.4, 0.5) is 0 Å². The second kappa shape index (κ2) is 9.29. The third-order valence-corrected chi connectivity index (χ3v) is 4.10. The SMILES string of the molecule is O=C(NCCc1ccccc1)c1cncc(C(=O)NCc2ccccc2)c1. The van der Waals surface area contributed by atoms with Crippen molar-refractivity contribution < 1.29 is 9.59 Å². The molecule has 2 amide bonds. The molecule has 1 heterocycles. The summed E-state index contributed by atoms with van der Waals surface area (Å²) in [6.07, 6.45) is 3.67. The Hall–Kier alpha value is -3.47. The van der Waals surface area contributed by atoms with E-state index >= 15 is 0 Å². The molecule has 5 nitrogen and oxygen atoms in total. The fourth-order valence-electron chi connectivity index (χ4n) is 2.64. The van der Waals surface area contributed by atoms with Gasteiger partial charge in [-0.3, -0.25) is 14.6 Å². The van der Waals surface area contributed by atoms with E-state index in [1.807, 2.05) is 60.7 Å². The van der Waals surface area contributed by atoms with Crippen LogP contribution in [0.5, 0.6) is 0 Å². The van der Waals surface area contributed by atoms with Crippen LogP contribution < -0.4 is 10.6 Å². The summed E-state index contributed by atoms with van der Waals surface area (Å²) in [6.45, 7) is 0.945. The third kappa shape index (κ3) is 5.51. The van der Waals surface area contributed by atoms with E-state index in [2.05, 4.69) is 15.6 Å². The summed E-state index contributed by atoms with van der Waals surface area (Å²) in [6, 6.07) is 21.1. The van der Waals surface area contributed by atoms with Gasteiger partial charge in [0, 0.05) is 25.5 Å². The number of carbonyl (C=O) groups is 2. The molecule has 5 heteroatoms. The van der Waals surface area contributed by atoms with E-state index in [4.69, 9.17) is 0 Å². The molecule has 0 radical (unpaired) electrons. The van der Waals surface area contributed by atoms with Crippen molar-refractivity contribution in [2.24, 2.45) is 0 Å². The van der Waals surface area contributed by atoms with Gasteiger partial charge in [0.15, 0.2) is 0 Å². The van der Waals surface area contributed by atoms with Gasteiger partial charge in [0.05, 0.1) is 11.1 Å². The average Bonchev–Trinajstić information content (AvgIpc) is 2.73. The smallest absolute Gasteiger partial charge is 0.253 e. The molecule has 27 heavy (non-hydrogen) atoms. The first-order chi connectivity index (χ1) is 13.2. The van der Waals surface area contributed by atoms with Gasteiger partial charge in [-0.25, -0.2) is 0 Å². The molecule has 0 saturated heterocycles. The molecule has 0 fully saturated rings. The molecule has 3 rings (SSSR count). The standard InChI is InChI=1S/C22H21N3O2/c26-21(24-12-11-17-7-3-1-4-8-17)19-13-20(16-23-15-19)22(27)25-14-18-9-5-2-6-10-18/h1-10,13,15-16H,11-12,14H2,(H,24,26)(H,25,27). The van der Waals surface area contributed by atoms with E-state index in [-0.39, 0.29) is 11.8 Å². The number of pyridine rings is 1. The van der Waals surface area contributed by atoms with E-state index in [1.165, 1.54) is 12.4 Å². The second-order valence-corrected chi connectivity index (χ2v) is 6.12. The van der Waals surface area contributed by atoms with Crippen LogP contribution in [-0.4, -0.2) is 23.3 Å². The number of nitrogens with one attached hydrogen (secondary N) is 2. The minimum atomic E-state index is -0.259. The third-order valence-electron chi connectivity index (χ3n) is 4.10. The molecule has 0 saturated carbocycles. The maximum atomic E-state index is 12.3. The molecule has 0 aliphatic rings. The maximum Gasteiger partial charge on any atom is 0.253 e. The molecule has 136 valence electrons. The first-order valence-corrected chi connectivity index (χ1v) is 8.81. The summed E-state index contributed by atoms with van der Waals surface area (Å²) in [5.74, 6) is -0.499. The van der Waals surface area contributed by atoms with Gasteiger partial charge in [-0.15, -0.1) is 0 Å². The number of benzene rings is 2. The lowest BCUT2D eigenvalue weighted by Gasteiger charge is -2.08. The highest BCUT2D eigenvalue weighted by atomic mass is 16.2. The normalized spacial score (nSPS) is 10.2. The number of hydrogen-bond acceptors (Lipinski definition) is 3. The van der Waals surface area contributed by atoms with Crippen LogP contribution in [0.3, 0.4) is 0 Å². The quantitative estimate of drug-likeness (QED) is 0.681. The van der Waals surface area contributed by atoms with Crippen molar-refractivity contribution in [2.45, 2.75) is 13.0 Å². The molecule has 3 aromatic rings. The van der Waals surface area contributed by atoms with Crippen LogP contribution in [0.1, 0.15) is 31.8 Å². The van der Waals surface area contributed by atoms with Gasteiger partial charge < -0.3 is 10.6 Å². The number of carbonyl (C=O) groups excluding carboxylic acids is 2.